The topological polar surface area (TPSA) is 26.0 Å². The number of hydrogen-bond donors (Lipinski definition) is 1. The Morgan fingerprint density at radius 3 is 1.71 bits per heavy atom. The lowest BCUT2D eigenvalue weighted by molar-refractivity contribution is -0.142. The van der Waals surface area contributed by atoms with E-state index in [2.05, 4.69) is 0 Å². The number of benzene rings is 1. The second kappa shape index (κ2) is 4.13. The first-order valence-electron chi connectivity index (χ1n) is 3.88. The van der Waals surface area contributed by atoms with Crippen LogP contribution in [0.1, 0.15) is 11.1 Å². The molecule has 0 bridgehead atoms. The van der Waals surface area contributed by atoms with Gasteiger partial charge < -0.3 is 5.73 Å². The summed E-state index contributed by atoms with van der Waals surface area (Å²) in [4.78, 5) is 0. The Kier molecular flexibility index (Phi) is 3.46. The van der Waals surface area contributed by atoms with Gasteiger partial charge in [-0.2, -0.15) is 26.3 Å². The SMILES string of the molecule is Nc1cc(C(F)(F)F)c(Cl)c(C(F)(F)F)c1Cl. The first kappa shape index (κ1) is 14.2. The number of alkyl halides is 6. The highest BCUT2D eigenvalue weighted by Gasteiger charge is 2.43. The van der Waals surface area contributed by atoms with E-state index in [0.29, 0.717) is 0 Å². The number of halogens is 8. The van der Waals surface area contributed by atoms with E-state index in [-0.39, 0.29) is 6.07 Å². The van der Waals surface area contributed by atoms with Crippen LogP contribution < -0.4 is 5.73 Å². The largest absolute Gasteiger partial charge is 0.419 e. The molecule has 17 heavy (non-hydrogen) atoms. The van der Waals surface area contributed by atoms with Crippen molar-refractivity contribution in [1.82, 2.24) is 0 Å². The molecule has 0 atom stereocenters. The summed E-state index contributed by atoms with van der Waals surface area (Å²) in [7, 11) is 0. The summed E-state index contributed by atoms with van der Waals surface area (Å²) in [5, 5.41) is -2.56. The monoisotopic (exact) mass is 297 g/mol. The minimum Gasteiger partial charge on any atom is -0.397 e. The molecule has 0 saturated carbocycles. The summed E-state index contributed by atoms with van der Waals surface area (Å²) >= 11 is 10.3. The van der Waals surface area contributed by atoms with Crippen LogP contribution in [-0.4, -0.2) is 0 Å². The highest BCUT2D eigenvalue weighted by molar-refractivity contribution is 6.38. The van der Waals surface area contributed by atoms with Gasteiger partial charge in [-0.15, -0.1) is 0 Å². The Bertz CT molecular complexity index is 451. The van der Waals surface area contributed by atoms with Crippen molar-refractivity contribution >= 4 is 28.9 Å². The first-order chi connectivity index (χ1) is 7.46. The molecule has 0 heterocycles. The van der Waals surface area contributed by atoms with Gasteiger partial charge >= 0.3 is 12.4 Å². The molecule has 96 valence electrons. The van der Waals surface area contributed by atoms with Gasteiger partial charge in [-0.25, -0.2) is 0 Å². The van der Waals surface area contributed by atoms with Crippen molar-refractivity contribution in [2.24, 2.45) is 0 Å². The fourth-order valence-electron chi connectivity index (χ4n) is 1.11. The average molecular weight is 298 g/mol. The minimum absolute atomic E-state index is 0.264. The smallest absolute Gasteiger partial charge is 0.397 e. The third-order valence-corrected chi connectivity index (χ3v) is 2.62. The van der Waals surface area contributed by atoms with E-state index in [1.54, 1.807) is 0 Å². The molecule has 0 spiro atoms. The van der Waals surface area contributed by atoms with Crippen molar-refractivity contribution in [3.05, 3.63) is 27.2 Å². The zero-order valence-electron chi connectivity index (χ0n) is 7.68. The molecule has 0 unspecified atom stereocenters. The van der Waals surface area contributed by atoms with Crippen molar-refractivity contribution in [3.63, 3.8) is 0 Å². The first-order valence-corrected chi connectivity index (χ1v) is 4.63. The molecule has 1 aromatic carbocycles. The van der Waals surface area contributed by atoms with Crippen LogP contribution in [0.3, 0.4) is 0 Å². The third kappa shape index (κ3) is 2.71. The van der Waals surface area contributed by atoms with Gasteiger partial charge in [0.25, 0.3) is 0 Å². The van der Waals surface area contributed by atoms with Crippen molar-refractivity contribution in [2.45, 2.75) is 12.4 Å². The highest BCUT2D eigenvalue weighted by Crippen LogP contribution is 2.47. The van der Waals surface area contributed by atoms with E-state index >= 15 is 0 Å². The van der Waals surface area contributed by atoms with Crippen LogP contribution in [0.5, 0.6) is 0 Å². The maximum absolute atomic E-state index is 12.5. The molecule has 0 aliphatic rings. The van der Waals surface area contributed by atoms with Crippen LogP contribution in [0.15, 0.2) is 6.07 Å². The quantitative estimate of drug-likeness (QED) is 0.549. The summed E-state index contributed by atoms with van der Waals surface area (Å²) in [5.41, 5.74) is 0.699. The van der Waals surface area contributed by atoms with Crippen molar-refractivity contribution in [2.75, 3.05) is 5.73 Å². The molecule has 0 saturated heterocycles. The molecule has 0 fully saturated rings. The molecule has 0 radical (unpaired) electrons. The molecule has 0 aromatic heterocycles. The van der Waals surface area contributed by atoms with Gasteiger partial charge in [-0.05, 0) is 6.07 Å². The van der Waals surface area contributed by atoms with Crippen molar-refractivity contribution in [1.29, 1.82) is 0 Å². The maximum atomic E-state index is 12.5. The van der Waals surface area contributed by atoms with Gasteiger partial charge in [-0.1, -0.05) is 23.2 Å². The number of nitrogens with two attached hydrogens (primary N) is 1. The zero-order valence-corrected chi connectivity index (χ0v) is 9.19. The van der Waals surface area contributed by atoms with Gasteiger partial charge in [-0.3, -0.25) is 0 Å². The van der Waals surface area contributed by atoms with Gasteiger partial charge in [0, 0.05) is 0 Å². The van der Waals surface area contributed by atoms with E-state index in [9.17, 15) is 26.3 Å². The van der Waals surface area contributed by atoms with E-state index in [1.807, 2.05) is 0 Å². The van der Waals surface area contributed by atoms with Gasteiger partial charge in [0.05, 0.1) is 26.9 Å². The molecular formula is C8H3Cl2F6N. The lowest BCUT2D eigenvalue weighted by Crippen LogP contribution is -2.14. The summed E-state index contributed by atoms with van der Waals surface area (Å²) in [6.45, 7) is 0. The summed E-state index contributed by atoms with van der Waals surface area (Å²) in [5.74, 6) is 0. The van der Waals surface area contributed by atoms with Crippen LogP contribution in [0.25, 0.3) is 0 Å². The van der Waals surface area contributed by atoms with E-state index in [0.717, 1.165) is 0 Å². The van der Waals surface area contributed by atoms with Gasteiger partial charge in [0.15, 0.2) is 0 Å². The zero-order chi connectivity index (χ0) is 13.6. The maximum Gasteiger partial charge on any atom is 0.419 e. The molecule has 1 rings (SSSR count). The standard InChI is InChI=1S/C8H3Cl2F6N/c9-5-2(7(11,12)13)1-3(17)6(10)4(5)8(14,15)16/h1H,17H2. The molecule has 0 aliphatic heterocycles. The number of hydrogen-bond acceptors (Lipinski definition) is 1. The Hall–Kier alpha value is -0.820. The normalized spacial score (nSPS) is 12.9. The number of nitrogen functional groups attached to an aromatic ring is 1. The van der Waals surface area contributed by atoms with Crippen molar-refractivity contribution < 1.29 is 26.3 Å². The molecular weight excluding hydrogens is 295 g/mol. The van der Waals surface area contributed by atoms with Crippen LogP contribution in [-0.2, 0) is 12.4 Å². The molecule has 0 amide bonds. The van der Waals surface area contributed by atoms with E-state index < -0.39 is 39.2 Å². The van der Waals surface area contributed by atoms with Crippen LogP contribution in [0, 0.1) is 0 Å². The lowest BCUT2D eigenvalue weighted by Gasteiger charge is -2.17. The summed E-state index contributed by atoms with van der Waals surface area (Å²) in [6, 6.07) is 0.264. The highest BCUT2D eigenvalue weighted by atomic mass is 35.5. The fourth-order valence-corrected chi connectivity index (χ4v) is 1.78. The van der Waals surface area contributed by atoms with E-state index in [4.69, 9.17) is 28.9 Å². The van der Waals surface area contributed by atoms with Crippen LogP contribution in [0.2, 0.25) is 10.0 Å². The Labute approximate surface area is 101 Å². The lowest BCUT2D eigenvalue weighted by atomic mass is 10.1. The Balaban J connectivity index is 3.67. The third-order valence-electron chi connectivity index (χ3n) is 1.82. The van der Waals surface area contributed by atoms with Gasteiger partial charge in [0.1, 0.15) is 0 Å². The predicted molar refractivity (Wildman–Crippen MR) is 50.9 cm³/mol. The van der Waals surface area contributed by atoms with E-state index in [1.165, 1.54) is 0 Å². The predicted octanol–water partition coefficient (Wildman–Crippen LogP) is 4.61. The molecule has 1 aromatic rings. The van der Waals surface area contributed by atoms with Crippen molar-refractivity contribution in [3.8, 4) is 0 Å². The minimum atomic E-state index is -5.12. The van der Waals surface area contributed by atoms with Crippen LogP contribution >= 0.6 is 23.2 Å². The number of anilines is 1. The average Bonchev–Trinajstić information content (AvgIpc) is 2.07. The molecule has 9 heteroatoms. The second-order valence-corrected chi connectivity index (χ2v) is 3.77. The Morgan fingerprint density at radius 1 is 0.882 bits per heavy atom. The molecule has 1 nitrogen and oxygen atoms in total. The Morgan fingerprint density at radius 2 is 1.35 bits per heavy atom. The molecule has 0 aliphatic carbocycles. The second-order valence-electron chi connectivity index (χ2n) is 3.01. The fraction of sp³-hybridized carbons (Fsp3) is 0.250. The summed E-state index contributed by atoms with van der Waals surface area (Å²) in [6.07, 6.45) is -10.2. The van der Waals surface area contributed by atoms with Crippen LogP contribution in [0.4, 0.5) is 32.0 Å². The number of rotatable bonds is 0. The van der Waals surface area contributed by atoms with Gasteiger partial charge in [0.2, 0.25) is 0 Å². The summed E-state index contributed by atoms with van der Waals surface area (Å²) < 4.78 is 74.5. The molecule has 2 N–H and O–H groups in total.